The first-order valence-electron chi connectivity index (χ1n) is 7.22. The van der Waals surface area contributed by atoms with Crippen molar-refractivity contribution in [2.45, 2.75) is 26.7 Å². The van der Waals surface area contributed by atoms with Gasteiger partial charge in [0.2, 0.25) is 0 Å². The minimum atomic E-state index is 0.899. The van der Waals surface area contributed by atoms with Crippen LogP contribution in [0.25, 0.3) is 5.57 Å². The third-order valence-electron chi connectivity index (χ3n) is 3.65. The number of benzene rings is 2. The molecule has 0 atom stereocenters. The molecule has 0 aliphatic heterocycles. The Labute approximate surface area is 121 Å². The van der Waals surface area contributed by atoms with Gasteiger partial charge in [0.05, 0.1) is 7.11 Å². The number of ether oxygens (including phenoxy) is 1. The molecule has 0 heterocycles. The van der Waals surface area contributed by atoms with Crippen molar-refractivity contribution >= 4 is 5.57 Å². The maximum atomic E-state index is 5.25. The third-order valence-corrected chi connectivity index (χ3v) is 3.65. The Hall–Kier alpha value is -2.02. The van der Waals surface area contributed by atoms with Crippen LogP contribution in [-0.2, 0) is 0 Å². The van der Waals surface area contributed by atoms with Gasteiger partial charge in [0.15, 0.2) is 0 Å². The molecule has 0 radical (unpaired) electrons. The van der Waals surface area contributed by atoms with Crippen LogP contribution in [0.3, 0.4) is 0 Å². The van der Waals surface area contributed by atoms with Gasteiger partial charge in [-0.15, -0.1) is 0 Å². The van der Waals surface area contributed by atoms with Crippen LogP contribution >= 0.6 is 0 Å². The Morgan fingerprint density at radius 1 is 0.800 bits per heavy atom. The van der Waals surface area contributed by atoms with Gasteiger partial charge in [-0.1, -0.05) is 61.9 Å². The van der Waals surface area contributed by atoms with Crippen molar-refractivity contribution in [1.82, 2.24) is 0 Å². The van der Waals surface area contributed by atoms with Crippen molar-refractivity contribution in [3.05, 3.63) is 71.3 Å². The summed E-state index contributed by atoms with van der Waals surface area (Å²) in [7, 11) is 1.70. The smallest absolute Gasteiger partial charge is 0.118 e. The Morgan fingerprint density at radius 3 is 1.85 bits per heavy atom. The highest BCUT2D eigenvalue weighted by atomic mass is 16.5. The highest BCUT2D eigenvalue weighted by molar-refractivity contribution is 5.82. The number of hydrogen-bond acceptors (Lipinski definition) is 1. The van der Waals surface area contributed by atoms with Crippen molar-refractivity contribution in [2.24, 2.45) is 0 Å². The molecule has 2 rings (SSSR count). The first-order chi connectivity index (χ1) is 9.80. The molecule has 0 bridgehead atoms. The van der Waals surface area contributed by atoms with Crippen molar-refractivity contribution in [1.29, 1.82) is 0 Å². The minimum absolute atomic E-state index is 0.899. The van der Waals surface area contributed by atoms with E-state index in [1.54, 1.807) is 7.11 Å². The molecule has 2 aromatic rings. The zero-order valence-corrected chi connectivity index (χ0v) is 12.5. The lowest BCUT2D eigenvalue weighted by atomic mass is 9.90. The normalized spacial score (nSPS) is 10.2. The average molecular weight is 266 g/mol. The fourth-order valence-corrected chi connectivity index (χ4v) is 2.54. The molecule has 0 N–H and O–H groups in total. The highest BCUT2D eigenvalue weighted by Crippen LogP contribution is 2.30. The standard InChI is InChI=1S/C19H22O/c1-4-15(5-2)19(16-9-7-6-8-10-16)17-11-13-18(20-3)14-12-17/h6-14H,4-5H2,1-3H3. The topological polar surface area (TPSA) is 9.23 Å². The summed E-state index contributed by atoms with van der Waals surface area (Å²) >= 11 is 0. The van der Waals surface area contributed by atoms with Crippen molar-refractivity contribution in [3.63, 3.8) is 0 Å². The molecular weight excluding hydrogens is 244 g/mol. The molecule has 0 saturated heterocycles. The summed E-state index contributed by atoms with van der Waals surface area (Å²) in [5, 5.41) is 0. The SMILES string of the molecule is CCC(CC)=C(c1ccccc1)c1ccc(OC)cc1. The predicted molar refractivity (Wildman–Crippen MR) is 86.0 cm³/mol. The van der Waals surface area contributed by atoms with Crippen LogP contribution in [0.5, 0.6) is 5.75 Å². The second kappa shape index (κ2) is 6.95. The fourth-order valence-electron chi connectivity index (χ4n) is 2.54. The van der Waals surface area contributed by atoms with E-state index in [4.69, 9.17) is 4.74 Å². The van der Waals surface area contributed by atoms with Crippen molar-refractivity contribution < 1.29 is 4.74 Å². The fraction of sp³-hybridized carbons (Fsp3) is 0.263. The molecule has 0 saturated carbocycles. The lowest BCUT2D eigenvalue weighted by molar-refractivity contribution is 0.415. The van der Waals surface area contributed by atoms with Gasteiger partial charge in [0.25, 0.3) is 0 Å². The Morgan fingerprint density at radius 2 is 1.35 bits per heavy atom. The molecule has 1 nitrogen and oxygen atoms in total. The summed E-state index contributed by atoms with van der Waals surface area (Å²) in [5.41, 5.74) is 5.40. The van der Waals surface area contributed by atoms with E-state index in [0.717, 1.165) is 18.6 Å². The molecule has 0 aromatic heterocycles. The third kappa shape index (κ3) is 3.11. The van der Waals surface area contributed by atoms with Gasteiger partial charge in [-0.25, -0.2) is 0 Å². The van der Waals surface area contributed by atoms with Gasteiger partial charge < -0.3 is 4.74 Å². The summed E-state index contributed by atoms with van der Waals surface area (Å²) in [4.78, 5) is 0. The summed E-state index contributed by atoms with van der Waals surface area (Å²) in [5.74, 6) is 0.899. The van der Waals surface area contributed by atoms with E-state index >= 15 is 0 Å². The Bertz CT molecular complexity index is 558. The van der Waals surface area contributed by atoms with Gasteiger partial charge in [0.1, 0.15) is 5.75 Å². The number of allylic oxidation sites excluding steroid dienone is 1. The lowest BCUT2D eigenvalue weighted by Crippen LogP contribution is -1.94. The van der Waals surface area contributed by atoms with Crippen molar-refractivity contribution in [2.75, 3.05) is 7.11 Å². The molecule has 0 aliphatic carbocycles. The summed E-state index contributed by atoms with van der Waals surface area (Å²) in [6, 6.07) is 19.0. The summed E-state index contributed by atoms with van der Waals surface area (Å²) < 4.78 is 5.25. The molecule has 0 amide bonds. The van der Waals surface area contributed by atoms with Crippen LogP contribution in [0.4, 0.5) is 0 Å². The molecule has 1 heteroatoms. The Kier molecular flexibility index (Phi) is 5.00. The summed E-state index contributed by atoms with van der Waals surface area (Å²) in [6.07, 6.45) is 2.15. The van der Waals surface area contributed by atoms with Gasteiger partial charge in [-0.2, -0.15) is 0 Å². The zero-order valence-electron chi connectivity index (χ0n) is 12.5. The molecule has 104 valence electrons. The number of rotatable bonds is 5. The van der Waals surface area contributed by atoms with E-state index in [-0.39, 0.29) is 0 Å². The molecule has 0 spiro atoms. The minimum Gasteiger partial charge on any atom is -0.497 e. The van der Waals surface area contributed by atoms with Gasteiger partial charge in [-0.05, 0) is 41.7 Å². The van der Waals surface area contributed by atoms with Crippen LogP contribution in [-0.4, -0.2) is 7.11 Å². The second-order valence-electron chi connectivity index (χ2n) is 4.78. The van der Waals surface area contributed by atoms with E-state index in [1.807, 2.05) is 12.1 Å². The predicted octanol–water partition coefficient (Wildman–Crippen LogP) is 5.32. The zero-order chi connectivity index (χ0) is 14.4. The monoisotopic (exact) mass is 266 g/mol. The van der Waals surface area contributed by atoms with Crippen LogP contribution < -0.4 is 4.74 Å². The lowest BCUT2D eigenvalue weighted by Gasteiger charge is -2.15. The van der Waals surface area contributed by atoms with E-state index < -0.39 is 0 Å². The van der Waals surface area contributed by atoms with E-state index in [0.29, 0.717) is 0 Å². The molecule has 0 aliphatic rings. The first-order valence-corrected chi connectivity index (χ1v) is 7.22. The maximum Gasteiger partial charge on any atom is 0.118 e. The maximum absolute atomic E-state index is 5.25. The number of hydrogen-bond donors (Lipinski definition) is 0. The largest absolute Gasteiger partial charge is 0.497 e. The van der Waals surface area contributed by atoms with E-state index in [2.05, 4.69) is 56.3 Å². The number of methoxy groups -OCH3 is 1. The van der Waals surface area contributed by atoms with Crippen molar-refractivity contribution in [3.8, 4) is 5.75 Å². The molecule has 0 unspecified atom stereocenters. The van der Waals surface area contributed by atoms with Crippen LogP contribution in [0, 0.1) is 0 Å². The second-order valence-corrected chi connectivity index (χ2v) is 4.78. The van der Waals surface area contributed by atoms with Gasteiger partial charge >= 0.3 is 0 Å². The molecule has 20 heavy (non-hydrogen) atoms. The van der Waals surface area contributed by atoms with E-state index in [9.17, 15) is 0 Å². The summed E-state index contributed by atoms with van der Waals surface area (Å²) in [6.45, 7) is 4.45. The quantitative estimate of drug-likeness (QED) is 0.712. The van der Waals surface area contributed by atoms with Gasteiger partial charge in [-0.3, -0.25) is 0 Å². The van der Waals surface area contributed by atoms with Crippen LogP contribution in [0.1, 0.15) is 37.8 Å². The Balaban J connectivity index is 2.54. The molecule has 2 aromatic carbocycles. The average Bonchev–Trinajstić information content (AvgIpc) is 2.53. The highest BCUT2D eigenvalue weighted by Gasteiger charge is 2.09. The van der Waals surface area contributed by atoms with E-state index in [1.165, 1.54) is 22.3 Å². The molecule has 0 fully saturated rings. The van der Waals surface area contributed by atoms with Crippen LogP contribution in [0.15, 0.2) is 60.2 Å². The first kappa shape index (κ1) is 14.4. The van der Waals surface area contributed by atoms with Gasteiger partial charge in [0, 0.05) is 0 Å². The van der Waals surface area contributed by atoms with Crippen LogP contribution in [0.2, 0.25) is 0 Å². The molecular formula is C19H22O.